The minimum atomic E-state index is 0.145. The molecule has 1 aromatic carbocycles. The molecule has 1 aliphatic rings. The summed E-state index contributed by atoms with van der Waals surface area (Å²) in [6.07, 6.45) is 5.61. The lowest BCUT2D eigenvalue weighted by Gasteiger charge is -2.21. The van der Waals surface area contributed by atoms with E-state index in [4.69, 9.17) is 4.98 Å². The van der Waals surface area contributed by atoms with E-state index < -0.39 is 0 Å². The summed E-state index contributed by atoms with van der Waals surface area (Å²) in [5.41, 5.74) is 2.06. The quantitative estimate of drug-likeness (QED) is 0.811. The van der Waals surface area contributed by atoms with E-state index in [0.29, 0.717) is 5.95 Å². The number of quaternary nitrogens is 1. The van der Waals surface area contributed by atoms with Crippen molar-refractivity contribution in [3.63, 3.8) is 0 Å². The fraction of sp³-hybridized carbons (Fsp3) is 0.600. The van der Waals surface area contributed by atoms with Crippen molar-refractivity contribution in [3.8, 4) is 0 Å². The molecule has 0 atom stereocenters. The van der Waals surface area contributed by atoms with Crippen LogP contribution in [0.25, 0.3) is 11.0 Å². The number of aromatic nitrogens is 2. The highest BCUT2D eigenvalue weighted by Crippen LogP contribution is 2.26. The Hall–Kier alpha value is -1.88. The van der Waals surface area contributed by atoms with Gasteiger partial charge in [0, 0.05) is 5.92 Å². The molecule has 1 aliphatic carbocycles. The molecule has 25 heavy (non-hydrogen) atoms. The maximum absolute atomic E-state index is 12.7. The van der Waals surface area contributed by atoms with Gasteiger partial charge in [-0.3, -0.25) is 10.1 Å². The molecule has 0 radical (unpaired) electrons. The zero-order valence-corrected chi connectivity index (χ0v) is 15.6. The fourth-order valence-electron chi connectivity index (χ4n) is 3.85. The van der Waals surface area contributed by atoms with Crippen molar-refractivity contribution < 1.29 is 9.69 Å². The number of hydrogen-bond acceptors (Lipinski definition) is 2. The number of amides is 1. The van der Waals surface area contributed by atoms with Gasteiger partial charge in [0.1, 0.15) is 0 Å². The smallest absolute Gasteiger partial charge is 0.229 e. The summed E-state index contributed by atoms with van der Waals surface area (Å²) in [5, 5.41) is 3.13. The van der Waals surface area contributed by atoms with E-state index in [1.807, 2.05) is 18.2 Å². The second-order valence-corrected chi connectivity index (χ2v) is 7.11. The van der Waals surface area contributed by atoms with Crippen LogP contribution in [0.5, 0.6) is 0 Å². The molecule has 2 N–H and O–H groups in total. The molecule has 3 rings (SSSR count). The van der Waals surface area contributed by atoms with Gasteiger partial charge in [-0.1, -0.05) is 31.4 Å². The Morgan fingerprint density at radius 2 is 1.92 bits per heavy atom. The van der Waals surface area contributed by atoms with Crippen LogP contribution >= 0.6 is 0 Å². The zero-order valence-electron chi connectivity index (χ0n) is 15.6. The molecule has 0 unspecified atom stereocenters. The third-order valence-corrected chi connectivity index (χ3v) is 5.55. The third-order valence-electron chi connectivity index (χ3n) is 5.55. The molecule has 2 aromatic rings. The predicted octanol–water partition coefficient (Wildman–Crippen LogP) is 2.48. The molecule has 0 saturated heterocycles. The van der Waals surface area contributed by atoms with Gasteiger partial charge in [0.2, 0.25) is 11.9 Å². The Bertz CT molecular complexity index is 699. The van der Waals surface area contributed by atoms with Gasteiger partial charge in [-0.15, -0.1) is 0 Å². The minimum Gasteiger partial charge on any atom is -0.334 e. The van der Waals surface area contributed by atoms with Crippen LogP contribution in [0.1, 0.15) is 46.0 Å². The van der Waals surface area contributed by atoms with Crippen LogP contribution in [0.4, 0.5) is 5.95 Å². The molecule has 5 nitrogen and oxygen atoms in total. The number of carbonyl (C=O) groups is 1. The summed E-state index contributed by atoms with van der Waals surface area (Å²) in [7, 11) is 0. The van der Waals surface area contributed by atoms with Crippen LogP contribution in [0.3, 0.4) is 0 Å². The van der Waals surface area contributed by atoms with Crippen LogP contribution < -0.4 is 10.2 Å². The van der Waals surface area contributed by atoms with Gasteiger partial charge in [-0.05, 0) is 38.8 Å². The molecular formula is C20H31N4O+. The maximum Gasteiger partial charge on any atom is 0.229 e. The summed E-state index contributed by atoms with van der Waals surface area (Å²) >= 11 is 0. The summed E-state index contributed by atoms with van der Waals surface area (Å²) in [4.78, 5) is 18.9. The van der Waals surface area contributed by atoms with Crippen LogP contribution in [-0.2, 0) is 11.3 Å². The van der Waals surface area contributed by atoms with E-state index in [1.54, 1.807) is 4.90 Å². The lowest BCUT2D eigenvalue weighted by Crippen LogP contribution is -3.11. The monoisotopic (exact) mass is 343 g/mol. The average Bonchev–Trinajstić information content (AvgIpc) is 3.00. The predicted molar refractivity (Wildman–Crippen MR) is 102 cm³/mol. The van der Waals surface area contributed by atoms with Gasteiger partial charge in [0.05, 0.1) is 37.2 Å². The normalized spacial score (nSPS) is 15.8. The highest BCUT2D eigenvalue weighted by atomic mass is 16.2. The van der Waals surface area contributed by atoms with Gasteiger partial charge < -0.3 is 9.47 Å². The summed E-state index contributed by atoms with van der Waals surface area (Å²) in [6, 6.07) is 8.15. The van der Waals surface area contributed by atoms with E-state index in [2.05, 4.69) is 29.8 Å². The number of nitrogens with zero attached hydrogens (tertiary/aromatic N) is 2. The van der Waals surface area contributed by atoms with Gasteiger partial charge in [-0.2, -0.15) is 0 Å². The number of carbonyl (C=O) groups excluding carboxylic acids is 1. The van der Waals surface area contributed by atoms with Crippen molar-refractivity contribution in [2.75, 3.05) is 25.0 Å². The van der Waals surface area contributed by atoms with Crippen molar-refractivity contribution in [3.05, 3.63) is 24.3 Å². The van der Waals surface area contributed by atoms with E-state index >= 15 is 0 Å². The molecule has 1 amide bonds. The molecule has 1 aromatic heterocycles. The largest absolute Gasteiger partial charge is 0.334 e. The van der Waals surface area contributed by atoms with E-state index in [0.717, 1.165) is 50.1 Å². The van der Waals surface area contributed by atoms with Crippen molar-refractivity contribution in [1.29, 1.82) is 0 Å². The first kappa shape index (κ1) is 17.9. The standard InChI is InChI=1S/C20H30N4O/c1-3-23(4-2)14-15-24-18-13-9-8-12-17(18)21-20(24)22-19(25)16-10-6-5-7-11-16/h8-9,12-13,16H,3-7,10-11,14-15H2,1-2H3,(H,21,22,25)/p+1. The van der Waals surface area contributed by atoms with Gasteiger partial charge in [0.15, 0.2) is 0 Å². The minimum absolute atomic E-state index is 0.145. The molecular weight excluding hydrogens is 312 g/mol. The van der Waals surface area contributed by atoms with Crippen LogP contribution in [0, 0.1) is 5.92 Å². The number of nitrogens with one attached hydrogen (secondary N) is 2. The second-order valence-electron chi connectivity index (χ2n) is 7.11. The van der Waals surface area contributed by atoms with Crippen LogP contribution in [-0.4, -0.2) is 35.1 Å². The number of anilines is 1. The molecule has 136 valence electrons. The first-order chi connectivity index (χ1) is 12.2. The van der Waals surface area contributed by atoms with Crippen molar-refractivity contribution in [2.24, 2.45) is 5.92 Å². The number of likely N-dealkylation sites (N-methyl/N-ethyl adjacent to an activating group) is 1. The van der Waals surface area contributed by atoms with E-state index in [-0.39, 0.29) is 11.8 Å². The highest BCUT2D eigenvalue weighted by Gasteiger charge is 2.23. The van der Waals surface area contributed by atoms with Crippen LogP contribution in [0.2, 0.25) is 0 Å². The number of rotatable bonds is 7. The number of imidazole rings is 1. The Labute approximate surface area is 150 Å². The van der Waals surface area contributed by atoms with E-state index in [9.17, 15) is 4.79 Å². The van der Waals surface area contributed by atoms with E-state index in [1.165, 1.54) is 19.3 Å². The SMILES string of the molecule is CC[NH+](CC)CCn1c(NC(=O)C2CCCCC2)nc2ccccc21. The topological polar surface area (TPSA) is 51.4 Å². The first-order valence-electron chi connectivity index (χ1n) is 9.82. The average molecular weight is 343 g/mol. The highest BCUT2D eigenvalue weighted by molar-refractivity contribution is 5.93. The second kappa shape index (κ2) is 8.48. The number of hydrogen-bond donors (Lipinski definition) is 2. The number of benzene rings is 1. The molecule has 5 heteroatoms. The number of para-hydroxylation sites is 2. The molecule has 1 fully saturated rings. The molecule has 0 bridgehead atoms. The van der Waals surface area contributed by atoms with Gasteiger partial charge in [0.25, 0.3) is 0 Å². The summed E-state index contributed by atoms with van der Waals surface area (Å²) in [6.45, 7) is 8.59. The van der Waals surface area contributed by atoms with Crippen molar-refractivity contribution >= 4 is 22.9 Å². The zero-order chi connectivity index (χ0) is 17.6. The molecule has 1 saturated carbocycles. The maximum atomic E-state index is 12.7. The van der Waals surface area contributed by atoms with Gasteiger partial charge in [-0.25, -0.2) is 4.98 Å². The van der Waals surface area contributed by atoms with Gasteiger partial charge >= 0.3 is 0 Å². The number of fused-ring (bicyclic) bond motifs is 1. The third kappa shape index (κ3) is 4.21. The lowest BCUT2D eigenvalue weighted by molar-refractivity contribution is -0.897. The van der Waals surface area contributed by atoms with Crippen molar-refractivity contribution in [1.82, 2.24) is 9.55 Å². The van der Waals surface area contributed by atoms with Crippen molar-refractivity contribution in [2.45, 2.75) is 52.5 Å². The molecule has 1 heterocycles. The molecule has 0 spiro atoms. The Morgan fingerprint density at radius 1 is 1.20 bits per heavy atom. The Morgan fingerprint density at radius 3 is 2.64 bits per heavy atom. The fourth-order valence-corrected chi connectivity index (χ4v) is 3.85. The summed E-state index contributed by atoms with van der Waals surface area (Å²) < 4.78 is 2.18. The summed E-state index contributed by atoms with van der Waals surface area (Å²) in [5.74, 6) is 1.00. The Balaban J connectivity index is 1.80. The Kier molecular flexibility index (Phi) is 6.08. The first-order valence-corrected chi connectivity index (χ1v) is 9.82. The molecule has 0 aliphatic heterocycles. The van der Waals surface area contributed by atoms with Crippen LogP contribution in [0.15, 0.2) is 24.3 Å². The lowest BCUT2D eigenvalue weighted by atomic mass is 9.89.